The largest absolute Gasteiger partial charge is 0.445 e. The van der Waals surface area contributed by atoms with Crippen molar-refractivity contribution in [3.63, 3.8) is 0 Å². The zero-order chi connectivity index (χ0) is 31.6. The molecule has 5 atom stereocenters. The lowest BCUT2D eigenvalue weighted by atomic mass is 9.85. The minimum atomic E-state index is -0.970. The van der Waals surface area contributed by atoms with Crippen molar-refractivity contribution in [1.29, 1.82) is 5.26 Å². The number of nitrogens with one attached hydrogen (secondary N) is 3. The van der Waals surface area contributed by atoms with Crippen molar-refractivity contribution in [2.24, 2.45) is 11.3 Å². The van der Waals surface area contributed by atoms with Crippen LogP contribution in [0, 0.1) is 22.7 Å². The highest BCUT2D eigenvalue weighted by atomic mass is 16.5. The van der Waals surface area contributed by atoms with Gasteiger partial charge in [-0.25, -0.2) is 4.79 Å². The predicted octanol–water partition coefficient (Wildman–Crippen LogP) is 2.35. The second-order valence-electron chi connectivity index (χ2n) is 12.5. The van der Waals surface area contributed by atoms with E-state index < -0.39 is 35.5 Å². The Morgan fingerprint density at radius 1 is 1.23 bits per heavy atom. The number of pyridine rings is 1. The fourth-order valence-corrected chi connectivity index (χ4v) is 5.79. The summed E-state index contributed by atoms with van der Waals surface area (Å²) in [7, 11) is 0. The monoisotopic (exact) mass is 597 g/mol. The second-order valence-corrected chi connectivity index (χ2v) is 12.5. The maximum atomic E-state index is 14.2. The number of amides is 4. The molecule has 0 saturated carbocycles. The third kappa shape index (κ3) is 9.38. The zero-order valence-corrected chi connectivity index (χ0v) is 26.1. The fraction of sp³-hybridized carbons (Fsp3) is 0.677. The molecule has 3 N–H and O–H groups in total. The van der Waals surface area contributed by atoms with Crippen molar-refractivity contribution >= 4 is 23.8 Å². The first-order valence-electron chi connectivity index (χ1n) is 15.3. The summed E-state index contributed by atoms with van der Waals surface area (Å²) in [4.78, 5) is 60.8. The van der Waals surface area contributed by atoms with E-state index in [1.807, 2.05) is 20.8 Å². The molecule has 2 aliphatic heterocycles. The molecule has 0 aromatic carbocycles. The first kappa shape index (κ1) is 33.8. The maximum absolute atomic E-state index is 14.2. The van der Waals surface area contributed by atoms with E-state index in [0.29, 0.717) is 31.5 Å². The van der Waals surface area contributed by atoms with E-state index in [4.69, 9.17) is 4.74 Å². The smallest absolute Gasteiger partial charge is 0.408 e. The van der Waals surface area contributed by atoms with Gasteiger partial charge in [0.2, 0.25) is 17.7 Å². The molecule has 2 aliphatic rings. The van der Waals surface area contributed by atoms with Gasteiger partial charge in [0.05, 0.1) is 6.07 Å². The molecule has 236 valence electrons. The third-order valence-electron chi connectivity index (χ3n) is 8.03. The Kier molecular flexibility index (Phi) is 12.3. The van der Waals surface area contributed by atoms with Crippen LogP contribution in [0.2, 0.25) is 0 Å². The van der Waals surface area contributed by atoms with Gasteiger partial charge in [-0.05, 0) is 56.7 Å². The Morgan fingerprint density at radius 2 is 1.95 bits per heavy atom. The van der Waals surface area contributed by atoms with Gasteiger partial charge in [-0.2, -0.15) is 5.26 Å². The van der Waals surface area contributed by atoms with Crippen molar-refractivity contribution in [2.75, 3.05) is 26.2 Å². The summed E-state index contributed by atoms with van der Waals surface area (Å²) in [5.41, 5.74) is 0.0191. The van der Waals surface area contributed by atoms with Gasteiger partial charge in [0.1, 0.15) is 24.7 Å². The van der Waals surface area contributed by atoms with E-state index in [2.05, 4.69) is 45.8 Å². The van der Waals surface area contributed by atoms with Gasteiger partial charge < -0.3 is 25.6 Å². The quantitative estimate of drug-likeness (QED) is 0.313. The van der Waals surface area contributed by atoms with Gasteiger partial charge in [0, 0.05) is 43.0 Å². The molecule has 1 aromatic heterocycles. The highest BCUT2D eigenvalue weighted by molar-refractivity contribution is 5.92. The van der Waals surface area contributed by atoms with Gasteiger partial charge in [-0.15, -0.1) is 0 Å². The highest BCUT2D eigenvalue weighted by Gasteiger charge is 2.46. The summed E-state index contributed by atoms with van der Waals surface area (Å²) in [6, 6.07) is 2.92. The van der Waals surface area contributed by atoms with Crippen LogP contribution in [0.3, 0.4) is 0 Å². The Hall–Kier alpha value is -3.72. The van der Waals surface area contributed by atoms with Crippen LogP contribution >= 0.6 is 0 Å². The number of nitriles is 1. The van der Waals surface area contributed by atoms with Crippen LogP contribution in [-0.2, 0) is 25.7 Å². The van der Waals surface area contributed by atoms with Crippen LogP contribution in [0.5, 0.6) is 0 Å². The Bertz CT molecular complexity index is 1140. The fourth-order valence-electron chi connectivity index (χ4n) is 5.79. The average Bonchev–Trinajstić information content (AvgIpc) is 3.60. The molecule has 3 rings (SSSR count). The van der Waals surface area contributed by atoms with Crippen LogP contribution in [0.4, 0.5) is 4.79 Å². The minimum Gasteiger partial charge on any atom is -0.445 e. The molecule has 0 radical (unpaired) electrons. The zero-order valence-electron chi connectivity index (χ0n) is 26.1. The summed E-state index contributed by atoms with van der Waals surface area (Å²) in [5, 5.41) is 18.1. The Labute approximate surface area is 254 Å². The minimum absolute atomic E-state index is 0.000886. The van der Waals surface area contributed by atoms with Crippen LogP contribution in [0.15, 0.2) is 24.5 Å². The van der Waals surface area contributed by atoms with Crippen molar-refractivity contribution in [1.82, 2.24) is 30.7 Å². The number of carbonyl (C=O) groups is 4. The predicted molar refractivity (Wildman–Crippen MR) is 160 cm³/mol. The molecular formula is C31H47N7O5. The lowest BCUT2D eigenvalue weighted by molar-refractivity contribution is -0.142. The van der Waals surface area contributed by atoms with E-state index in [-0.39, 0.29) is 36.8 Å². The summed E-state index contributed by atoms with van der Waals surface area (Å²) in [6.45, 7) is 12.3. The lowest BCUT2D eigenvalue weighted by Crippen LogP contribution is -2.58. The van der Waals surface area contributed by atoms with Gasteiger partial charge in [0.25, 0.3) is 0 Å². The van der Waals surface area contributed by atoms with E-state index in [1.165, 1.54) is 0 Å². The average molecular weight is 598 g/mol. The van der Waals surface area contributed by atoms with Crippen LogP contribution in [-0.4, -0.2) is 88.9 Å². The molecule has 1 aromatic rings. The molecule has 2 fully saturated rings. The normalized spacial score (nSPS) is 21.6. The number of aromatic nitrogens is 1. The highest BCUT2D eigenvalue weighted by Crippen LogP contribution is 2.29. The van der Waals surface area contributed by atoms with Crippen molar-refractivity contribution in [2.45, 2.75) is 97.5 Å². The van der Waals surface area contributed by atoms with E-state index in [9.17, 15) is 24.4 Å². The number of nitrogens with zero attached hydrogens (tertiary/aromatic N) is 4. The van der Waals surface area contributed by atoms with Gasteiger partial charge in [0.15, 0.2) is 0 Å². The standard InChI is InChI=1S/C31H47N7O5/c1-6-13-37(14-7-2)24-16-25(28(40)35-23(17-32)15-22-10-12-34-27(22)39)38(19-24)29(41)26(31(3,4)5)36-30(42)43-20-21-9-8-11-33-18-21/h8-9,11,18,22-26H,6-7,10,12-16,19-20H2,1-5H3,(H,34,39)(H,35,40)(H,36,42)/t22-,23-,24+,25-,26+/m0/s1. The number of likely N-dealkylation sites (tertiary alicyclic amines) is 1. The van der Waals surface area contributed by atoms with Gasteiger partial charge in [-0.1, -0.05) is 40.7 Å². The number of alkyl carbamates (subject to hydrolysis) is 1. The molecule has 0 spiro atoms. The molecule has 43 heavy (non-hydrogen) atoms. The SMILES string of the molecule is CCCN(CCC)[C@@H]1C[C@@H](C(=O)N[C@H](C#N)C[C@@H]2CCNC2=O)N(C(=O)[C@@H](NC(=O)OCc2cccnc2)C(C)(C)C)C1. The summed E-state index contributed by atoms with van der Waals surface area (Å²) < 4.78 is 5.39. The number of hydrogen-bond donors (Lipinski definition) is 3. The Balaban J connectivity index is 1.80. The number of ether oxygens (including phenoxy) is 1. The van der Waals surface area contributed by atoms with E-state index >= 15 is 0 Å². The van der Waals surface area contributed by atoms with Crippen molar-refractivity contribution < 1.29 is 23.9 Å². The van der Waals surface area contributed by atoms with Crippen molar-refractivity contribution in [3.05, 3.63) is 30.1 Å². The summed E-state index contributed by atoms with van der Waals surface area (Å²) >= 11 is 0. The second kappa shape index (κ2) is 15.7. The lowest BCUT2D eigenvalue weighted by Gasteiger charge is -2.35. The molecule has 2 saturated heterocycles. The third-order valence-corrected chi connectivity index (χ3v) is 8.03. The summed E-state index contributed by atoms with van der Waals surface area (Å²) in [6.07, 6.45) is 5.56. The van der Waals surface area contributed by atoms with Crippen LogP contribution in [0.25, 0.3) is 0 Å². The van der Waals surface area contributed by atoms with Crippen LogP contribution < -0.4 is 16.0 Å². The molecule has 0 bridgehead atoms. The van der Waals surface area contributed by atoms with Crippen molar-refractivity contribution in [3.8, 4) is 6.07 Å². The molecule has 0 unspecified atom stereocenters. The molecule has 12 heteroatoms. The van der Waals surface area contributed by atoms with E-state index in [0.717, 1.165) is 25.9 Å². The number of carbonyl (C=O) groups excluding carboxylic acids is 4. The molecule has 3 heterocycles. The molecule has 0 aliphatic carbocycles. The molecule has 12 nitrogen and oxygen atoms in total. The van der Waals surface area contributed by atoms with Gasteiger partial charge in [-0.3, -0.25) is 24.3 Å². The number of hydrogen-bond acceptors (Lipinski definition) is 8. The molecule has 4 amide bonds. The number of rotatable bonds is 13. The summed E-state index contributed by atoms with van der Waals surface area (Å²) in [5.74, 6) is -1.27. The van der Waals surface area contributed by atoms with Crippen LogP contribution in [0.1, 0.15) is 72.3 Å². The topological polar surface area (TPSA) is 157 Å². The van der Waals surface area contributed by atoms with E-state index in [1.54, 1.807) is 29.4 Å². The Morgan fingerprint density at radius 3 is 2.51 bits per heavy atom. The maximum Gasteiger partial charge on any atom is 0.408 e. The first-order chi connectivity index (χ1) is 20.5. The van der Waals surface area contributed by atoms with Gasteiger partial charge >= 0.3 is 6.09 Å². The first-order valence-corrected chi connectivity index (χ1v) is 15.3. The molecular weight excluding hydrogens is 550 g/mol.